The van der Waals surface area contributed by atoms with Crippen LogP contribution in [0.2, 0.25) is 10.0 Å². The molecule has 2 nitrogen and oxygen atoms in total. The molecule has 0 saturated carbocycles. The summed E-state index contributed by atoms with van der Waals surface area (Å²) in [6.45, 7) is 3.15. The number of nitrogens with zero attached hydrogens (tertiary/aromatic N) is 1. The molecule has 0 radical (unpaired) electrons. The molecule has 1 unspecified atom stereocenters. The Morgan fingerprint density at radius 2 is 1.76 bits per heavy atom. The van der Waals surface area contributed by atoms with E-state index in [1.165, 1.54) is 0 Å². The van der Waals surface area contributed by atoms with Crippen molar-refractivity contribution in [3.63, 3.8) is 0 Å². The maximum Gasteiger partial charge on any atom is 0.0621 e. The monoisotopic (exact) mass is 322 g/mol. The van der Waals surface area contributed by atoms with Gasteiger partial charge in [-0.25, -0.2) is 0 Å². The third-order valence-corrected chi connectivity index (χ3v) is 4.14. The SMILES string of the molecule is CCCNC(Cc1ccccc1Cl)Cc1ccncc1Cl. The van der Waals surface area contributed by atoms with Crippen LogP contribution in [-0.2, 0) is 12.8 Å². The Morgan fingerprint density at radius 3 is 2.43 bits per heavy atom. The fraction of sp³-hybridized carbons (Fsp3) is 0.353. The first-order chi connectivity index (χ1) is 10.2. The van der Waals surface area contributed by atoms with E-state index in [0.717, 1.165) is 47.0 Å². The summed E-state index contributed by atoms with van der Waals surface area (Å²) in [7, 11) is 0. The molecule has 1 aromatic carbocycles. The Morgan fingerprint density at radius 1 is 1.05 bits per heavy atom. The summed E-state index contributed by atoms with van der Waals surface area (Å²) < 4.78 is 0. The van der Waals surface area contributed by atoms with E-state index >= 15 is 0 Å². The van der Waals surface area contributed by atoms with Crippen LogP contribution in [0, 0.1) is 0 Å². The number of hydrogen-bond donors (Lipinski definition) is 1. The minimum Gasteiger partial charge on any atom is -0.313 e. The second-order valence-corrected chi connectivity index (χ2v) is 5.93. The van der Waals surface area contributed by atoms with Gasteiger partial charge in [0.15, 0.2) is 0 Å². The lowest BCUT2D eigenvalue weighted by atomic mass is 9.99. The average molecular weight is 323 g/mol. The number of pyridine rings is 1. The highest BCUT2D eigenvalue weighted by molar-refractivity contribution is 6.31. The van der Waals surface area contributed by atoms with E-state index in [0.29, 0.717) is 6.04 Å². The number of nitrogens with one attached hydrogen (secondary N) is 1. The second-order valence-electron chi connectivity index (χ2n) is 5.12. The topological polar surface area (TPSA) is 24.9 Å². The number of aromatic nitrogens is 1. The van der Waals surface area contributed by atoms with Crippen LogP contribution in [-0.4, -0.2) is 17.6 Å². The first-order valence-electron chi connectivity index (χ1n) is 7.26. The predicted molar refractivity (Wildman–Crippen MR) is 90.2 cm³/mol. The van der Waals surface area contributed by atoms with E-state index in [1.54, 1.807) is 12.4 Å². The maximum atomic E-state index is 6.27. The van der Waals surface area contributed by atoms with Crippen LogP contribution in [0.4, 0.5) is 0 Å². The summed E-state index contributed by atoms with van der Waals surface area (Å²) in [5, 5.41) is 5.13. The van der Waals surface area contributed by atoms with Gasteiger partial charge in [0.25, 0.3) is 0 Å². The predicted octanol–water partition coefficient (Wildman–Crippen LogP) is 4.54. The van der Waals surface area contributed by atoms with Crippen LogP contribution < -0.4 is 5.32 Å². The molecule has 0 fully saturated rings. The second kappa shape index (κ2) is 8.38. The van der Waals surface area contributed by atoms with Gasteiger partial charge in [-0.2, -0.15) is 0 Å². The van der Waals surface area contributed by atoms with Crippen molar-refractivity contribution in [2.75, 3.05) is 6.54 Å². The summed E-state index contributed by atoms with van der Waals surface area (Å²) in [5.74, 6) is 0. The molecule has 112 valence electrons. The van der Waals surface area contributed by atoms with Gasteiger partial charge in [-0.3, -0.25) is 4.98 Å². The zero-order chi connectivity index (χ0) is 15.1. The molecule has 0 amide bonds. The summed E-state index contributed by atoms with van der Waals surface area (Å²) in [6.07, 6.45) is 6.34. The van der Waals surface area contributed by atoms with Gasteiger partial charge in [-0.05, 0) is 49.1 Å². The molecule has 2 rings (SSSR count). The number of halogens is 2. The van der Waals surface area contributed by atoms with Crippen molar-refractivity contribution in [2.45, 2.75) is 32.2 Å². The Kier molecular flexibility index (Phi) is 6.50. The normalized spacial score (nSPS) is 12.3. The molecule has 0 aliphatic heterocycles. The first-order valence-corrected chi connectivity index (χ1v) is 8.01. The van der Waals surface area contributed by atoms with Gasteiger partial charge in [-0.1, -0.05) is 48.3 Å². The summed E-state index contributed by atoms with van der Waals surface area (Å²) in [5.41, 5.74) is 2.28. The zero-order valence-electron chi connectivity index (χ0n) is 12.2. The van der Waals surface area contributed by atoms with Crippen molar-refractivity contribution in [3.8, 4) is 0 Å². The third kappa shape index (κ3) is 4.99. The van der Waals surface area contributed by atoms with Gasteiger partial charge in [0.2, 0.25) is 0 Å². The highest BCUT2D eigenvalue weighted by Crippen LogP contribution is 2.20. The van der Waals surface area contributed by atoms with E-state index in [4.69, 9.17) is 23.2 Å². The van der Waals surface area contributed by atoms with E-state index in [2.05, 4.69) is 23.3 Å². The average Bonchev–Trinajstić information content (AvgIpc) is 2.49. The van der Waals surface area contributed by atoms with Crippen molar-refractivity contribution < 1.29 is 0 Å². The quantitative estimate of drug-likeness (QED) is 0.809. The molecule has 0 aliphatic carbocycles. The minimum absolute atomic E-state index is 0.310. The first kappa shape index (κ1) is 16.3. The number of benzene rings is 1. The van der Waals surface area contributed by atoms with Crippen LogP contribution in [0.3, 0.4) is 0 Å². The largest absolute Gasteiger partial charge is 0.313 e. The molecule has 0 aliphatic rings. The lowest BCUT2D eigenvalue weighted by Crippen LogP contribution is -2.34. The van der Waals surface area contributed by atoms with Gasteiger partial charge in [0.1, 0.15) is 0 Å². The van der Waals surface area contributed by atoms with Crippen LogP contribution in [0.25, 0.3) is 0 Å². The van der Waals surface area contributed by atoms with Crippen LogP contribution in [0.5, 0.6) is 0 Å². The van der Waals surface area contributed by atoms with Crippen LogP contribution in [0.1, 0.15) is 24.5 Å². The lowest BCUT2D eigenvalue weighted by molar-refractivity contribution is 0.504. The molecule has 21 heavy (non-hydrogen) atoms. The van der Waals surface area contributed by atoms with Crippen molar-refractivity contribution in [1.29, 1.82) is 0 Å². The van der Waals surface area contributed by atoms with Crippen molar-refractivity contribution in [1.82, 2.24) is 10.3 Å². The molecule has 1 atom stereocenters. The van der Waals surface area contributed by atoms with E-state index < -0.39 is 0 Å². The van der Waals surface area contributed by atoms with E-state index in [9.17, 15) is 0 Å². The maximum absolute atomic E-state index is 6.27. The number of hydrogen-bond acceptors (Lipinski definition) is 2. The van der Waals surface area contributed by atoms with Gasteiger partial charge in [0, 0.05) is 23.5 Å². The van der Waals surface area contributed by atoms with Crippen LogP contribution >= 0.6 is 23.2 Å². The smallest absolute Gasteiger partial charge is 0.0621 e. The Labute approximate surface area is 136 Å². The van der Waals surface area contributed by atoms with Crippen molar-refractivity contribution in [3.05, 3.63) is 63.9 Å². The fourth-order valence-corrected chi connectivity index (χ4v) is 2.74. The van der Waals surface area contributed by atoms with E-state index in [1.807, 2.05) is 24.3 Å². The highest BCUT2D eigenvalue weighted by atomic mass is 35.5. The summed E-state index contributed by atoms with van der Waals surface area (Å²) in [6, 6.07) is 10.3. The minimum atomic E-state index is 0.310. The zero-order valence-corrected chi connectivity index (χ0v) is 13.7. The lowest BCUT2D eigenvalue weighted by Gasteiger charge is -2.20. The molecule has 1 heterocycles. The van der Waals surface area contributed by atoms with Crippen molar-refractivity contribution >= 4 is 23.2 Å². The molecule has 0 saturated heterocycles. The molecule has 1 aromatic heterocycles. The summed E-state index contributed by atoms with van der Waals surface area (Å²) >= 11 is 12.5. The molecule has 0 bridgehead atoms. The Bertz CT molecular complexity index is 525. The summed E-state index contributed by atoms with van der Waals surface area (Å²) in [4.78, 5) is 4.04. The standard InChI is InChI=1S/C17H20Cl2N2/c1-2-8-21-15(10-13-5-3-4-6-16(13)18)11-14-7-9-20-12-17(14)19/h3-7,9,12,15,21H,2,8,10-11H2,1H3. The van der Waals surface area contributed by atoms with Gasteiger partial charge < -0.3 is 5.32 Å². The molecule has 0 spiro atoms. The van der Waals surface area contributed by atoms with Gasteiger partial charge in [-0.15, -0.1) is 0 Å². The Balaban J connectivity index is 2.11. The third-order valence-electron chi connectivity index (χ3n) is 3.43. The highest BCUT2D eigenvalue weighted by Gasteiger charge is 2.13. The van der Waals surface area contributed by atoms with Gasteiger partial charge >= 0.3 is 0 Å². The Hall–Kier alpha value is -1.09. The molecular weight excluding hydrogens is 303 g/mol. The molecular formula is C17H20Cl2N2. The van der Waals surface area contributed by atoms with Crippen LogP contribution in [0.15, 0.2) is 42.7 Å². The van der Waals surface area contributed by atoms with Gasteiger partial charge in [0.05, 0.1) is 5.02 Å². The fourth-order valence-electron chi connectivity index (χ4n) is 2.33. The molecule has 1 N–H and O–H groups in total. The van der Waals surface area contributed by atoms with Crippen molar-refractivity contribution in [2.24, 2.45) is 0 Å². The number of rotatable bonds is 7. The molecule has 2 aromatic rings. The van der Waals surface area contributed by atoms with E-state index in [-0.39, 0.29) is 0 Å². The molecule has 4 heteroatoms.